The van der Waals surface area contributed by atoms with Crippen LogP contribution in [0, 0.1) is 5.92 Å². The molecule has 4 aliphatic heterocycles. The Morgan fingerprint density at radius 2 is 1.91 bits per heavy atom. The molecule has 0 radical (unpaired) electrons. The minimum Gasteiger partial charge on any atom is -0.351 e. The van der Waals surface area contributed by atoms with Crippen LogP contribution in [0.25, 0.3) is 0 Å². The van der Waals surface area contributed by atoms with Gasteiger partial charge < -0.3 is 14.5 Å². The highest BCUT2D eigenvalue weighted by atomic mass is 19.4. The lowest BCUT2D eigenvalue weighted by atomic mass is 9.75. The van der Waals surface area contributed by atoms with E-state index in [1.807, 2.05) is 4.90 Å². The Labute approximate surface area is 126 Å². The van der Waals surface area contributed by atoms with Gasteiger partial charge in [-0.25, -0.2) is 9.97 Å². The van der Waals surface area contributed by atoms with Gasteiger partial charge in [-0.05, 0) is 31.8 Å². The number of rotatable bonds is 1. The zero-order chi connectivity index (χ0) is 15.4. The Hall–Kier alpha value is -1.41. The third-order valence-corrected chi connectivity index (χ3v) is 5.04. The average Bonchev–Trinajstić information content (AvgIpc) is 2.91. The van der Waals surface area contributed by atoms with Gasteiger partial charge in [0.25, 0.3) is 0 Å². The summed E-state index contributed by atoms with van der Waals surface area (Å²) in [4.78, 5) is 11.7. The van der Waals surface area contributed by atoms with Crippen LogP contribution in [-0.2, 0) is 10.9 Å². The molecule has 1 spiro atoms. The molecule has 120 valence electrons. The molecule has 0 saturated carbocycles. The third-order valence-electron chi connectivity index (χ3n) is 5.04. The summed E-state index contributed by atoms with van der Waals surface area (Å²) in [5.74, 6) is 0.978. The van der Waals surface area contributed by atoms with E-state index in [0.29, 0.717) is 25.0 Å². The first kappa shape index (κ1) is 14.2. The van der Waals surface area contributed by atoms with E-state index in [1.165, 1.54) is 6.20 Å². The van der Waals surface area contributed by atoms with Crippen LogP contribution < -0.4 is 4.90 Å². The molecule has 0 N–H and O–H groups in total. The second-order valence-electron chi connectivity index (χ2n) is 6.34. The van der Waals surface area contributed by atoms with Crippen LogP contribution >= 0.6 is 0 Å². The molecular weight excluding hydrogens is 297 g/mol. The number of halogens is 3. The molecule has 5 rings (SSSR count). The van der Waals surface area contributed by atoms with Crippen molar-refractivity contribution in [3.8, 4) is 0 Å². The fraction of sp³-hybridized carbons (Fsp3) is 0.714. The van der Waals surface area contributed by atoms with Gasteiger partial charge in [-0.15, -0.1) is 0 Å². The van der Waals surface area contributed by atoms with E-state index in [1.54, 1.807) is 0 Å². The number of alkyl halides is 3. The van der Waals surface area contributed by atoms with Gasteiger partial charge in [-0.3, -0.25) is 0 Å². The maximum absolute atomic E-state index is 12.5. The monoisotopic (exact) mass is 314 g/mol. The fourth-order valence-corrected chi connectivity index (χ4v) is 3.87. The predicted octanol–water partition coefficient (Wildman–Crippen LogP) is 1.75. The first-order chi connectivity index (χ1) is 10.5. The van der Waals surface area contributed by atoms with E-state index in [-0.39, 0.29) is 5.60 Å². The SMILES string of the molecule is FC(F)(F)c1cnc(N2CO[C@]3(CN4CCC3CC4)C2)cn1. The molecule has 4 saturated heterocycles. The lowest BCUT2D eigenvalue weighted by Gasteiger charge is -2.50. The number of nitrogens with zero attached hydrogens (tertiary/aromatic N) is 4. The summed E-state index contributed by atoms with van der Waals surface area (Å²) in [7, 11) is 0. The molecule has 0 aromatic carbocycles. The molecule has 5 nitrogen and oxygen atoms in total. The van der Waals surface area contributed by atoms with E-state index in [4.69, 9.17) is 4.74 Å². The Balaban J connectivity index is 1.51. The van der Waals surface area contributed by atoms with Crippen molar-refractivity contribution < 1.29 is 17.9 Å². The molecule has 1 aromatic rings. The van der Waals surface area contributed by atoms with E-state index >= 15 is 0 Å². The zero-order valence-corrected chi connectivity index (χ0v) is 12.0. The van der Waals surface area contributed by atoms with Crippen molar-refractivity contribution in [3.05, 3.63) is 18.1 Å². The van der Waals surface area contributed by atoms with Crippen molar-refractivity contribution >= 4 is 5.82 Å². The number of piperidine rings is 3. The van der Waals surface area contributed by atoms with Crippen molar-refractivity contribution in [1.82, 2.24) is 14.9 Å². The molecule has 22 heavy (non-hydrogen) atoms. The maximum Gasteiger partial charge on any atom is 0.434 e. The van der Waals surface area contributed by atoms with Gasteiger partial charge in [-0.1, -0.05) is 0 Å². The third kappa shape index (κ3) is 2.25. The van der Waals surface area contributed by atoms with Gasteiger partial charge >= 0.3 is 6.18 Å². The number of aromatic nitrogens is 2. The molecule has 2 bridgehead atoms. The van der Waals surface area contributed by atoms with E-state index in [0.717, 1.165) is 38.7 Å². The van der Waals surface area contributed by atoms with Gasteiger partial charge in [-0.2, -0.15) is 13.2 Å². The van der Waals surface area contributed by atoms with Gasteiger partial charge in [0.05, 0.1) is 18.9 Å². The van der Waals surface area contributed by atoms with E-state index < -0.39 is 11.9 Å². The number of fused-ring (bicyclic) bond motifs is 2. The van der Waals surface area contributed by atoms with Crippen molar-refractivity contribution in [2.45, 2.75) is 24.6 Å². The summed E-state index contributed by atoms with van der Waals surface area (Å²) in [5, 5.41) is 0. The Bertz CT molecular complexity index is 556. The van der Waals surface area contributed by atoms with Crippen LogP contribution in [0.15, 0.2) is 12.4 Å². The molecule has 0 amide bonds. The summed E-state index contributed by atoms with van der Waals surface area (Å²) in [6.45, 7) is 4.19. The van der Waals surface area contributed by atoms with E-state index in [9.17, 15) is 13.2 Å². The number of ether oxygens (including phenoxy) is 1. The summed E-state index contributed by atoms with van der Waals surface area (Å²) in [5.41, 5.74) is -1.16. The summed E-state index contributed by atoms with van der Waals surface area (Å²) < 4.78 is 43.7. The molecule has 0 unspecified atom stereocenters. The topological polar surface area (TPSA) is 41.5 Å². The smallest absolute Gasteiger partial charge is 0.351 e. The molecule has 4 fully saturated rings. The summed E-state index contributed by atoms with van der Waals surface area (Å²) in [6.07, 6.45) is -0.216. The van der Waals surface area contributed by atoms with Crippen LogP contribution in [0.1, 0.15) is 18.5 Å². The van der Waals surface area contributed by atoms with Gasteiger partial charge in [0, 0.05) is 6.54 Å². The van der Waals surface area contributed by atoms with Crippen LogP contribution in [0.4, 0.5) is 19.0 Å². The highest BCUT2D eigenvalue weighted by Crippen LogP contribution is 2.42. The molecule has 0 aliphatic carbocycles. The maximum atomic E-state index is 12.5. The van der Waals surface area contributed by atoms with Gasteiger partial charge in [0.2, 0.25) is 0 Å². The van der Waals surface area contributed by atoms with Crippen molar-refractivity contribution in [2.24, 2.45) is 5.92 Å². The number of hydrogen-bond acceptors (Lipinski definition) is 5. The lowest BCUT2D eigenvalue weighted by Crippen LogP contribution is -2.61. The first-order valence-corrected chi connectivity index (χ1v) is 7.47. The second-order valence-corrected chi connectivity index (χ2v) is 6.34. The van der Waals surface area contributed by atoms with Crippen LogP contribution in [0.2, 0.25) is 0 Å². The molecular formula is C14H17F3N4O. The van der Waals surface area contributed by atoms with Crippen LogP contribution in [0.5, 0.6) is 0 Å². The zero-order valence-electron chi connectivity index (χ0n) is 12.0. The molecule has 8 heteroatoms. The molecule has 4 aliphatic rings. The highest BCUT2D eigenvalue weighted by molar-refractivity contribution is 5.38. The normalized spacial score (nSPS) is 34.6. The van der Waals surface area contributed by atoms with Crippen molar-refractivity contribution in [2.75, 3.05) is 37.8 Å². The minimum absolute atomic E-state index is 0.194. The Kier molecular flexibility index (Phi) is 3.09. The van der Waals surface area contributed by atoms with E-state index in [2.05, 4.69) is 14.9 Å². The first-order valence-electron chi connectivity index (χ1n) is 7.47. The Morgan fingerprint density at radius 3 is 2.45 bits per heavy atom. The standard InChI is InChI=1S/C14H17F3N4O/c15-14(16,17)11-5-19-12(6-18-11)21-8-13(22-9-21)7-20-3-1-10(13)2-4-20/h5-6,10H,1-4,7-9H2/t13-/m1/s1. The molecule has 5 heterocycles. The lowest BCUT2D eigenvalue weighted by molar-refractivity contribution is -0.141. The average molecular weight is 314 g/mol. The van der Waals surface area contributed by atoms with Crippen LogP contribution in [0.3, 0.4) is 0 Å². The van der Waals surface area contributed by atoms with Crippen molar-refractivity contribution in [3.63, 3.8) is 0 Å². The number of anilines is 1. The summed E-state index contributed by atoms with van der Waals surface area (Å²) in [6, 6.07) is 0. The number of hydrogen-bond donors (Lipinski definition) is 0. The minimum atomic E-state index is -4.45. The van der Waals surface area contributed by atoms with Crippen molar-refractivity contribution in [1.29, 1.82) is 0 Å². The molecule has 1 aromatic heterocycles. The largest absolute Gasteiger partial charge is 0.434 e. The predicted molar refractivity (Wildman–Crippen MR) is 72.2 cm³/mol. The fourth-order valence-electron chi connectivity index (χ4n) is 3.87. The molecule has 1 atom stereocenters. The second kappa shape index (κ2) is 4.79. The Morgan fingerprint density at radius 1 is 1.14 bits per heavy atom. The highest BCUT2D eigenvalue weighted by Gasteiger charge is 2.52. The van der Waals surface area contributed by atoms with Crippen LogP contribution in [-0.4, -0.2) is 53.4 Å². The summed E-state index contributed by atoms with van der Waals surface area (Å²) >= 11 is 0. The van der Waals surface area contributed by atoms with Gasteiger partial charge in [0.15, 0.2) is 5.69 Å². The van der Waals surface area contributed by atoms with Gasteiger partial charge in [0.1, 0.15) is 18.1 Å². The quantitative estimate of drug-likeness (QED) is 0.790.